The molecule has 262 valence electrons. The second-order valence-electron chi connectivity index (χ2n) is 13.0. The van der Waals surface area contributed by atoms with Crippen molar-refractivity contribution < 1.29 is 15.0 Å². The molecule has 4 nitrogen and oxygen atoms in total. The summed E-state index contributed by atoms with van der Waals surface area (Å²) in [7, 11) is 0. The third-order valence-corrected chi connectivity index (χ3v) is 8.57. The number of nitrogens with one attached hydrogen (secondary N) is 1. The van der Waals surface area contributed by atoms with Crippen LogP contribution in [0.4, 0.5) is 0 Å². The van der Waals surface area contributed by atoms with Crippen molar-refractivity contribution in [2.24, 2.45) is 0 Å². The van der Waals surface area contributed by atoms with Gasteiger partial charge in [-0.1, -0.05) is 178 Å². The van der Waals surface area contributed by atoms with Gasteiger partial charge in [0.2, 0.25) is 5.91 Å². The van der Waals surface area contributed by atoms with Crippen LogP contribution in [0.5, 0.6) is 0 Å². The number of unbranched alkanes of at least 4 members (excludes halogenated alkanes) is 21. The highest BCUT2D eigenvalue weighted by Gasteiger charge is 2.17. The van der Waals surface area contributed by atoms with E-state index in [1.807, 2.05) is 6.08 Å². The standard InChI is InChI=1S/C41H75NO3/c1-3-5-7-9-11-13-15-17-19-20-21-23-24-26-28-30-32-34-36-40(44)39(38-43)42-41(45)37-35-33-31-29-27-25-22-18-16-14-12-10-8-6-4-2/h6,8,12,14,18,22,34,36,39-40,43-44H,3-5,7,9-11,13,15-17,19-21,23-33,35,37-38H2,1-2H3,(H,42,45)/b8-6-,14-12-,22-18-,36-34+. The van der Waals surface area contributed by atoms with Gasteiger partial charge in [0.05, 0.1) is 18.8 Å². The molecular formula is C41H75NO3. The SMILES string of the molecule is CC/C=C\C/C=C\C/C=C\CCCCCCCC(=O)NC(CO)C(O)/C=C/CCCCCCCCCCCCCCCCCC. The summed E-state index contributed by atoms with van der Waals surface area (Å²) in [4.78, 5) is 12.3. The van der Waals surface area contributed by atoms with Gasteiger partial charge in [0.1, 0.15) is 0 Å². The summed E-state index contributed by atoms with van der Waals surface area (Å²) in [6, 6.07) is -0.631. The van der Waals surface area contributed by atoms with E-state index in [-0.39, 0.29) is 12.5 Å². The van der Waals surface area contributed by atoms with Crippen molar-refractivity contribution in [3.8, 4) is 0 Å². The maximum absolute atomic E-state index is 12.3. The third kappa shape index (κ3) is 33.5. The first-order valence-electron chi connectivity index (χ1n) is 19.4. The van der Waals surface area contributed by atoms with Crippen LogP contribution in [0, 0.1) is 0 Å². The van der Waals surface area contributed by atoms with Crippen LogP contribution in [-0.4, -0.2) is 34.9 Å². The highest BCUT2D eigenvalue weighted by Crippen LogP contribution is 2.14. The summed E-state index contributed by atoms with van der Waals surface area (Å²) < 4.78 is 0. The van der Waals surface area contributed by atoms with Crippen LogP contribution >= 0.6 is 0 Å². The van der Waals surface area contributed by atoms with Gasteiger partial charge in [-0.25, -0.2) is 0 Å². The molecule has 2 unspecified atom stereocenters. The maximum atomic E-state index is 12.3. The molecule has 0 rings (SSSR count). The monoisotopic (exact) mass is 630 g/mol. The first-order chi connectivity index (χ1) is 22.2. The predicted molar refractivity (Wildman–Crippen MR) is 198 cm³/mol. The van der Waals surface area contributed by atoms with E-state index in [1.54, 1.807) is 6.08 Å². The van der Waals surface area contributed by atoms with Crippen LogP contribution in [-0.2, 0) is 4.79 Å². The van der Waals surface area contributed by atoms with Crippen molar-refractivity contribution in [2.45, 2.75) is 199 Å². The first kappa shape index (κ1) is 43.4. The van der Waals surface area contributed by atoms with Gasteiger partial charge < -0.3 is 15.5 Å². The van der Waals surface area contributed by atoms with Crippen molar-refractivity contribution in [1.82, 2.24) is 5.32 Å². The van der Waals surface area contributed by atoms with Crippen molar-refractivity contribution in [3.05, 3.63) is 48.6 Å². The fraction of sp³-hybridized carbons (Fsp3) is 0.780. The van der Waals surface area contributed by atoms with Gasteiger partial charge in [0.25, 0.3) is 0 Å². The Morgan fingerprint density at radius 2 is 0.978 bits per heavy atom. The first-order valence-corrected chi connectivity index (χ1v) is 19.4. The zero-order valence-corrected chi connectivity index (χ0v) is 29.9. The molecule has 0 aromatic carbocycles. The molecule has 4 heteroatoms. The fourth-order valence-electron chi connectivity index (χ4n) is 5.60. The number of carbonyl (C=O) groups is 1. The van der Waals surface area contributed by atoms with Gasteiger partial charge in [-0.05, 0) is 51.4 Å². The molecule has 1 amide bonds. The summed E-state index contributed by atoms with van der Waals surface area (Å²) in [5, 5.41) is 22.9. The van der Waals surface area contributed by atoms with Gasteiger partial charge in [-0.3, -0.25) is 4.79 Å². The Balaban J connectivity index is 3.64. The molecule has 45 heavy (non-hydrogen) atoms. The number of carbonyl (C=O) groups excluding carboxylic acids is 1. The van der Waals surface area contributed by atoms with E-state index in [4.69, 9.17) is 0 Å². The van der Waals surface area contributed by atoms with Crippen LogP contribution in [0.25, 0.3) is 0 Å². The van der Waals surface area contributed by atoms with E-state index in [2.05, 4.69) is 55.6 Å². The van der Waals surface area contributed by atoms with Crippen molar-refractivity contribution >= 4 is 5.91 Å². The normalized spacial score (nSPS) is 13.6. The Kier molecular flexibility index (Phi) is 35.5. The molecule has 0 saturated carbocycles. The number of hydrogen-bond donors (Lipinski definition) is 3. The minimum Gasteiger partial charge on any atom is -0.394 e. The highest BCUT2D eigenvalue weighted by molar-refractivity contribution is 5.76. The van der Waals surface area contributed by atoms with E-state index < -0.39 is 12.1 Å². The molecule has 0 fully saturated rings. The van der Waals surface area contributed by atoms with Gasteiger partial charge in [-0.15, -0.1) is 0 Å². The van der Waals surface area contributed by atoms with Gasteiger partial charge in [0, 0.05) is 6.42 Å². The van der Waals surface area contributed by atoms with Crippen LogP contribution in [0.15, 0.2) is 48.6 Å². The summed E-state index contributed by atoms with van der Waals surface area (Å²) in [6.07, 6.45) is 49.1. The van der Waals surface area contributed by atoms with E-state index >= 15 is 0 Å². The molecule has 0 spiro atoms. The lowest BCUT2D eigenvalue weighted by Crippen LogP contribution is -2.45. The molecule has 3 N–H and O–H groups in total. The van der Waals surface area contributed by atoms with Gasteiger partial charge in [0.15, 0.2) is 0 Å². The van der Waals surface area contributed by atoms with Gasteiger partial charge in [-0.2, -0.15) is 0 Å². The Morgan fingerprint density at radius 1 is 0.556 bits per heavy atom. The van der Waals surface area contributed by atoms with Crippen LogP contribution in [0.1, 0.15) is 187 Å². The number of hydrogen-bond acceptors (Lipinski definition) is 3. The number of aliphatic hydroxyl groups excluding tert-OH is 2. The quantitative estimate of drug-likeness (QED) is 0.0490. The summed E-state index contributed by atoms with van der Waals surface area (Å²) in [6.45, 7) is 4.18. The molecule has 2 atom stereocenters. The zero-order chi connectivity index (χ0) is 32.9. The topological polar surface area (TPSA) is 69.6 Å². The second-order valence-corrected chi connectivity index (χ2v) is 13.0. The summed E-state index contributed by atoms with van der Waals surface area (Å²) >= 11 is 0. The molecule has 0 aliphatic rings. The zero-order valence-electron chi connectivity index (χ0n) is 29.9. The Morgan fingerprint density at radius 3 is 1.47 bits per heavy atom. The highest BCUT2D eigenvalue weighted by atomic mass is 16.3. The molecule has 0 aromatic rings. The fourth-order valence-corrected chi connectivity index (χ4v) is 5.60. The average molecular weight is 630 g/mol. The molecule has 0 heterocycles. The van der Waals surface area contributed by atoms with E-state index in [1.165, 1.54) is 109 Å². The number of allylic oxidation sites excluding steroid dienone is 7. The predicted octanol–water partition coefficient (Wildman–Crippen LogP) is 11.6. The Hall–Kier alpha value is -1.65. The van der Waals surface area contributed by atoms with Gasteiger partial charge >= 0.3 is 0 Å². The van der Waals surface area contributed by atoms with E-state index in [9.17, 15) is 15.0 Å². The number of amides is 1. The Labute approximate surface area is 280 Å². The number of aliphatic hydroxyl groups is 2. The smallest absolute Gasteiger partial charge is 0.220 e. The molecule has 0 radical (unpaired) electrons. The van der Waals surface area contributed by atoms with Crippen LogP contribution in [0.3, 0.4) is 0 Å². The molecular weight excluding hydrogens is 554 g/mol. The van der Waals surface area contributed by atoms with Crippen molar-refractivity contribution in [3.63, 3.8) is 0 Å². The molecule has 0 aliphatic carbocycles. The molecule has 0 bridgehead atoms. The van der Waals surface area contributed by atoms with E-state index in [0.29, 0.717) is 6.42 Å². The minimum absolute atomic E-state index is 0.0829. The lowest BCUT2D eigenvalue weighted by Gasteiger charge is -2.20. The second kappa shape index (κ2) is 36.8. The minimum atomic E-state index is -0.846. The molecule has 0 aromatic heterocycles. The van der Waals surface area contributed by atoms with E-state index in [0.717, 1.165) is 57.8 Å². The Bertz CT molecular complexity index is 726. The average Bonchev–Trinajstić information content (AvgIpc) is 3.04. The van der Waals surface area contributed by atoms with Crippen LogP contribution < -0.4 is 5.32 Å². The summed E-state index contributed by atoms with van der Waals surface area (Å²) in [5.41, 5.74) is 0. The maximum Gasteiger partial charge on any atom is 0.220 e. The lowest BCUT2D eigenvalue weighted by atomic mass is 10.0. The van der Waals surface area contributed by atoms with Crippen molar-refractivity contribution in [2.75, 3.05) is 6.61 Å². The summed E-state index contributed by atoms with van der Waals surface area (Å²) in [5.74, 6) is -0.0829. The molecule has 0 saturated heterocycles. The molecule has 0 aliphatic heterocycles. The number of rotatable bonds is 34. The van der Waals surface area contributed by atoms with Crippen molar-refractivity contribution in [1.29, 1.82) is 0 Å². The van der Waals surface area contributed by atoms with Crippen LogP contribution in [0.2, 0.25) is 0 Å². The largest absolute Gasteiger partial charge is 0.394 e. The lowest BCUT2D eigenvalue weighted by molar-refractivity contribution is -0.123. The third-order valence-electron chi connectivity index (χ3n) is 8.57.